The highest BCUT2D eigenvalue weighted by Crippen LogP contribution is 2.26. The fraction of sp³-hybridized carbons (Fsp3) is 0.818. The third kappa shape index (κ3) is 4.99. The van der Waals surface area contributed by atoms with E-state index in [2.05, 4.69) is 37.8 Å². The predicted octanol–water partition coefficient (Wildman–Crippen LogP) is 2.24. The molecule has 0 fully saturated rings. The van der Waals surface area contributed by atoms with E-state index in [1.807, 2.05) is 11.8 Å². The van der Waals surface area contributed by atoms with Gasteiger partial charge in [0.25, 0.3) is 0 Å². The van der Waals surface area contributed by atoms with E-state index in [4.69, 9.17) is 10.3 Å². The summed E-state index contributed by atoms with van der Waals surface area (Å²) in [4.78, 5) is 4.35. The van der Waals surface area contributed by atoms with Gasteiger partial charge >= 0.3 is 0 Å². The second kappa shape index (κ2) is 5.68. The molecule has 16 heavy (non-hydrogen) atoms. The lowest BCUT2D eigenvalue weighted by atomic mass is 10.1. The first-order valence-electron chi connectivity index (χ1n) is 5.56. The van der Waals surface area contributed by atoms with Crippen molar-refractivity contribution in [2.45, 2.75) is 44.6 Å². The molecule has 0 spiro atoms. The third-order valence-corrected chi connectivity index (χ3v) is 3.34. The fourth-order valence-electron chi connectivity index (χ4n) is 1.09. The molecule has 0 aliphatic carbocycles. The van der Waals surface area contributed by atoms with Gasteiger partial charge < -0.3 is 10.3 Å². The normalized spacial score (nSPS) is 14.1. The number of thioether (sulfide) groups is 1. The van der Waals surface area contributed by atoms with Gasteiger partial charge in [-0.2, -0.15) is 4.98 Å². The van der Waals surface area contributed by atoms with E-state index in [0.717, 1.165) is 18.0 Å². The predicted molar refractivity (Wildman–Crippen MR) is 67.3 cm³/mol. The molecule has 0 amide bonds. The van der Waals surface area contributed by atoms with Crippen molar-refractivity contribution >= 4 is 11.8 Å². The number of hydrogen-bond donors (Lipinski definition) is 1. The molecule has 4 nitrogen and oxygen atoms in total. The van der Waals surface area contributed by atoms with Crippen molar-refractivity contribution < 1.29 is 4.52 Å². The van der Waals surface area contributed by atoms with Gasteiger partial charge in [-0.05, 0) is 12.5 Å². The Morgan fingerprint density at radius 2 is 2.12 bits per heavy atom. The molecule has 0 saturated carbocycles. The Morgan fingerprint density at radius 3 is 2.69 bits per heavy atom. The number of aromatic nitrogens is 2. The number of nitrogens with zero attached hydrogens (tertiary/aromatic N) is 2. The molecule has 0 bridgehead atoms. The van der Waals surface area contributed by atoms with E-state index in [9.17, 15) is 0 Å². The summed E-state index contributed by atoms with van der Waals surface area (Å²) in [5, 5.41) is 3.96. The Bertz CT molecular complexity index is 319. The molecule has 92 valence electrons. The maximum absolute atomic E-state index is 5.55. The maximum atomic E-state index is 5.55. The molecule has 1 atom stereocenters. The number of nitrogens with two attached hydrogens (primary N) is 1. The molecular formula is C11H21N3OS. The van der Waals surface area contributed by atoms with Crippen LogP contribution in [0, 0.1) is 5.92 Å². The Balaban J connectivity index is 2.45. The van der Waals surface area contributed by atoms with Gasteiger partial charge in [-0.25, -0.2) is 0 Å². The molecule has 0 aliphatic heterocycles. The lowest BCUT2D eigenvalue weighted by Gasteiger charge is -2.15. The minimum atomic E-state index is 0.228. The molecule has 0 radical (unpaired) electrons. The molecule has 0 aliphatic rings. The van der Waals surface area contributed by atoms with Crippen LogP contribution in [-0.4, -0.2) is 21.4 Å². The van der Waals surface area contributed by atoms with Gasteiger partial charge in [0.05, 0.1) is 5.75 Å². The van der Waals surface area contributed by atoms with Crippen molar-refractivity contribution in [3.63, 3.8) is 0 Å². The van der Waals surface area contributed by atoms with Crippen LogP contribution in [-0.2, 0) is 12.2 Å². The standard InChI is InChI=1S/C11H21N3OS/c1-8(6-12)5-10-13-9(14-15-10)7-16-11(2,3)4/h8H,5-7,12H2,1-4H3. The summed E-state index contributed by atoms with van der Waals surface area (Å²) in [6.07, 6.45) is 0.768. The summed E-state index contributed by atoms with van der Waals surface area (Å²) in [7, 11) is 0. The molecule has 1 unspecified atom stereocenters. The summed E-state index contributed by atoms with van der Waals surface area (Å²) in [6, 6.07) is 0. The third-order valence-electron chi connectivity index (χ3n) is 2.07. The SMILES string of the molecule is CC(CN)Cc1nc(CSC(C)(C)C)no1. The molecule has 0 aromatic carbocycles. The van der Waals surface area contributed by atoms with Crippen molar-refractivity contribution in [1.29, 1.82) is 0 Å². The van der Waals surface area contributed by atoms with Crippen molar-refractivity contribution in [3.8, 4) is 0 Å². The van der Waals surface area contributed by atoms with E-state index in [0.29, 0.717) is 18.4 Å². The second-order valence-electron chi connectivity index (χ2n) is 5.05. The van der Waals surface area contributed by atoms with E-state index in [-0.39, 0.29) is 4.75 Å². The fourth-order valence-corrected chi connectivity index (χ4v) is 1.77. The van der Waals surface area contributed by atoms with Gasteiger partial charge in [0.15, 0.2) is 5.82 Å². The van der Waals surface area contributed by atoms with Crippen LogP contribution < -0.4 is 5.73 Å². The van der Waals surface area contributed by atoms with Crippen LogP contribution in [0.1, 0.15) is 39.4 Å². The highest BCUT2D eigenvalue weighted by atomic mass is 32.2. The van der Waals surface area contributed by atoms with Crippen LogP contribution in [0.15, 0.2) is 4.52 Å². The number of rotatable bonds is 5. The van der Waals surface area contributed by atoms with Crippen molar-refractivity contribution in [3.05, 3.63) is 11.7 Å². The van der Waals surface area contributed by atoms with Crippen LogP contribution in [0.5, 0.6) is 0 Å². The van der Waals surface area contributed by atoms with Gasteiger partial charge in [0.1, 0.15) is 0 Å². The lowest BCUT2D eigenvalue weighted by Crippen LogP contribution is -2.13. The minimum absolute atomic E-state index is 0.228. The van der Waals surface area contributed by atoms with Gasteiger partial charge in [-0.15, -0.1) is 11.8 Å². The maximum Gasteiger partial charge on any atom is 0.226 e. The van der Waals surface area contributed by atoms with Gasteiger partial charge in [0.2, 0.25) is 5.89 Å². The van der Waals surface area contributed by atoms with Crippen molar-refractivity contribution in [2.24, 2.45) is 11.7 Å². The van der Waals surface area contributed by atoms with Crippen LogP contribution in [0.25, 0.3) is 0 Å². The Morgan fingerprint density at radius 1 is 1.44 bits per heavy atom. The summed E-state index contributed by atoms with van der Waals surface area (Å²) >= 11 is 1.81. The van der Waals surface area contributed by atoms with Crippen LogP contribution >= 0.6 is 11.8 Å². The highest BCUT2D eigenvalue weighted by Gasteiger charge is 2.14. The summed E-state index contributed by atoms with van der Waals surface area (Å²) in [5.41, 5.74) is 5.55. The summed E-state index contributed by atoms with van der Waals surface area (Å²) < 4.78 is 5.40. The first-order chi connectivity index (χ1) is 7.40. The zero-order valence-corrected chi connectivity index (χ0v) is 11.3. The Kier molecular flexibility index (Phi) is 4.80. The zero-order valence-electron chi connectivity index (χ0n) is 10.5. The van der Waals surface area contributed by atoms with E-state index in [1.165, 1.54) is 0 Å². The first kappa shape index (κ1) is 13.5. The summed E-state index contributed by atoms with van der Waals surface area (Å²) in [6.45, 7) is 9.25. The van der Waals surface area contributed by atoms with Gasteiger partial charge in [-0.1, -0.05) is 32.9 Å². The average molecular weight is 243 g/mol. The molecular weight excluding hydrogens is 222 g/mol. The summed E-state index contributed by atoms with van der Waals surface area (Å²) in [5.74, 6) is 2.66. The van der Waals surface area contributed by atoms with Crippen LogP contribution in [0.4, 0.5) is 0 Å². The molecule has 2 N–H and O–H groups in total. The monoisotopic (exact) mass is 243 g/mol. The largest absolute Gasteiger partial charge is 0.339 e. The van der Waals surface area contributed by atoms with Crippen molar-refractivity contribution in [1.82, 2.24) is 10.1 Å². The van der Waals surface area contributed by atoms with Gasteiger partial charge in [-0.3, -0.25) is 0 Å². The molecule has 1 heterocycles. The van der Waals surface area contributed by atoms with Crippen LogP contribution in [0.3, 0.4) is 0 Å². The Labute approximate surface area is 101 Å². The highest BCUT2D eigenvalue weighted by molar-refractivity contribution is 7.99. The molecule has 1 rings (SSSR count). The molecule has 0 saturated heterocycles. The van der Waals surface area contributed by atoms with Crippen molar-refractivity contribution in [2.75, 3.05) is 6.54 Å². The lowest BCUT2D eigenvalue weighted by molar-refractivity contribution is 0.356. The first-order valence-corrected chi connectivity index (χ1v) is 6.55. The zero-order chi connectivity index (χ0) is 12.2. The second-order valence-corrected chi connectivity index (χ2v) is 6.85. The number of hydrogen-bond acceptors (Lipinski definition) is 5. The molecule has 1 aromatic heterocycles. The van der Waals surface area contributed by atoms with E-state index < -0.39 is 0 Å². The molecule has 1 aromatic rings. The minimum Gasteiger partial charge on any atom is -0.339 e. The smallest absolute Gasteiger partial charge is 0.226 e. The van der Waals surface area contributed by atoms with E-state index >= 15 is 0 Å². The van der Waals surface area contributed by atoms with Gasteiger partial charge in [0, 0.05) is 11.2 Å². The topological polar surface area (TPSA) is 64.9 Å². The van der Waals surface area contributed by atoms with Crippen LogP contribution in [0.2, 0.25) is 0 Å². The quantitative estimate of drug-likeness (QED) is 0.859. The Hall–Kier alpha value is -0.550. The van der Waals surface area contributed by atoms with E-state index in [1.54, 1.807) is 0 Å². The molecule has 5 heteroatoms. The average Bonchev–Trinajstić information content (AvgIpc) is 2.61.